The van der Waals surface area contributed by atoms with Crippen LogP contribution in [-0.4, -0.2) is 51.6 Å². The van der Waals surface area contributed by atoms with E-state index in [0.717, 1.165) is 8.55 Å². The maximum Gasteiger partial charge on any atom is -0.000102 e. The van der Waals surface area contributed by atoms with Crippen LogP contribution in [-0.2, 0) is 0 Å². The lowest BCUT2D eigenvalue weighted by Crippen LogP contribution is -2.38. The van der Waals surface area contributed by atoms with Gasteiger partial charge in [-0.2, -0.15) is 0 Å². The third-order valence-electron chi connectivity index (χ3n) is 0.562. The van der Waals surface area contributed by atoms with E-state index < -0.39 is 7.59 Å². The van der Waals surface area contributed by atoms with Crippen LogP contribution in [0.5, 0.6) is 0 Å². The normalized spacial score (nSPS) is 12.0. The summed E-state index contributed by atoms with van der Waals surface area (Å²) in [4.78, 5) is 0. The van der Waals surface area contributed by atoms with Crippen molar-refractivity contribution >= 4 is 51.6 Å². The standard InChI is InChI=1S/C3H9Si6/c1-9(2,3)8-7-6-5-4/h1-3H3/q-1. The molecule has 0 aliphatic rings. The highest BCUT2D eigenvalue weighted by molar-refractivity contribution is 7.61. The van der Waals surface area contributed by atoms with Crippen LogP contribution in [0.25, 0.3) is 0 Å². The highest BCUT2D eigenvalue weighted by Crippen LogP contribution is 1.94. The van der Waals surface area contributed by atoms with Crippen molar-refractivity contribution in [2.24, 2.45) is 0 Å². The van der Waals surface area contributed by atoms with Crippen molar-refractivity contribution < 1.29 is 0 Å². The fraction of sp³-hybridized carbons (Fsp3) is 1.00. The Morgan fingerprint density at radius 3 is 2.22 bits per heavy atom. The molecule has 6 heteroatoms. The number of rotatable bonds is 4. The Kier molecular flexibility index (Phi) is 5.74. The SMILES string of the molecule is C[Si](C)(C)[Si-][Si][Si][Si][Si]. The molecule has 0 spiro atoms. The molecule has 9 heavy (non-hydrogen) atoms. The summed E-state index contributed by atoms with van der Waals surface area (Å²) in [5, 5.41) is 0. The van der Waals surface area contributed by atoms with E-state index in [1.165, 1.54) is 25.7 Å². The molecule has 0 saturated heterocycles. The molecule has 0 N–H and O–H groups in total. The summed E-state index contributed by atoms with van der Waals surface area (Å²) in [7, 11) is 7.65. The maximum atomic E-state index is 3.53. The van der Waals surface area contributed by atoms with Gasteiger partial charge in [-0.3, -0.25) is 0 Å². The summed E-state index contributed by atoms with van der Waals surface area (Å²) in [6, 6.07) is 0. The van der Waals surface area contributed by atoms with Crippen molar-refractivity contribution in [1.82, 2.24) is 0 Å². The lowest BCUT2D eigenvalue weighted by atomic mass is 11.8. The monoisotopic (exact) mass is 213 g/mol. The minimum Gasteiger partial charge on any atom is -0.441 e. The molecule has 0 aromatic heterocycles. The first-order valence-corrected chi connectivity index (χ1v) is 15.8. The Bertz CT molecular complexity index is 65.2. The third-order valence-corrected chi connectivity index (χ3v) is 25.3. The Morgan fingerprint density at radius 1 is 1.33 bits per heavy atom. The predicted octanol–water partition coefficient (Wildman–Crippen LogP) is -0.533. The molecular weight excluding hydrogens is 205 g/mol. The summed E-state index contributed by atoms with van der Waals surface area (Å²) >= 11 is 0. The largest absolute Gasteiger partial charge is 0.441 e. The minimum atomic E-state index is -0.665. The smallest absolute Gasteiger partial charge is 0.000102 e. The van der Waals surface area contributed by atoms with E-state index in [-0.39, 0.29) is 0 Å². The van der Waals surface area contributed by atoms with Gasteiger partial charge in [-0.1, -0.05) is 0 Å². The van der Waals surface area contributed by atoms with E-state index in [1.807, 2.05) is 0 Å². The zero-order valence-electron chi connectivity index (χ0n) is 6.00. The lowest BCUT2D eigenvalue weighted by Gasteiger charge is -2.31. The van der Waals surface area contributed by atoms with Crippen LogP contribution in [0.2, 0.25) is 19.6 Å². The van der Waals surface area contributed by atoms with Crippen molar-refractivity contribution in [2.75, 3.05) is 0 Å². The second-order valence-corrected chi connectivity index (χ2v) is 24.8. The highest BCUT2D eigenvalue weighted by atomic mass is 29.9. The predicted molar refractivity (Wildman–Crippen MR) is 52.1 cm³/mol. The number of hydrogen-bond donors (Lipinski definition) is 0. The van der Waals surface area contributed by atoms with Crippen LogP contribution in [0.4, 0.5) is 0 Å². The van der Waals surface area contributed by atoms with Gasteiger partial charge in [0.25, 0.3) is 0 Å². The Balaban J connectivity index is 3.07. The topological polar surface area (TPSA) is 0 Å². The van der Waals surface area contributed by atoms with Crippen molar-refractivity contribution in [3.05, 3.63) is 0 Å². The molecule has 46 valence electrons. The summed E-state index contributed by atoms with van der Waals surface area (Å²) < 4.78 is 0. The second kappa shape index (κ2) is 5.02. The molecule has 0 amide bonds. The molecule has 0 atom stereocenters. The van der Waals surface area contributed by atoms with Gasteiger partial charge < -0.3 is 8.55 Å². The summed E-state index contributed by atoms with van der Waals surface area (Å²) in [5.41, 5.74) is 0. The Hall–Kier alpha value is 1.30. The van der Waals surface area contributed by atoms with Crippen molar-refractivity contribution in [1.29, 1.82) is 0 Å². The molecule has 0 aromatic carbocycles. The number of hydrogen-bond acceptors (Lipinski definition) is 0. The summed E-state index contributed by atoms with van der Waals surface area (Å²) in [5.74, 6) is 0. The fourth-order valence-corrected chi connectivity index (χ4v) is 30.4. The van der Waals surface area contributed by atoms with Crippen LogP contribution in [0.15, 0.2) is 0 Å². The third kappa shape index (κ3) is 9.30. The van der Waals surface area contributed by atoms with E-state index in [4.69, 9.17) is 0 Å². The van der Waals surface area contributed by atoms with Gasteiger partial charge in [-0.25, -0.2) is 8.55 Å². The second-order valence-electron chi connectivity index (χ2n) is 2.75. The van der Waals surface area contributed by atoms with Crippen molar-refractivity contribution in [2.45, 2.75) is 19.6 Å². The van der Waals surface area contributed by atoms with Gasteiger partial charge in [0.2, 0.25) is 0 Å². The van der Waals surface area contributed by atoms with Crippen LogP contribution in [0.1, 0.15) is 0 Å². The summed E-state index contributed by atoms with van der Waals surface area (Å²) in [6.07, 6.45) is 0. The van der Waals surface area contributed by atoms with Gasteiger partial charge in [-0.05, 0) is 26.9 Å². The summed E-state index contributed by atoms with van der Waals surface area (Å²) in [6.45, 7) is 7.37. The van der Waals surface area contributed by atoms with Gasteiger partial charge in [0.1, 0.15) is 0 Å². The fourth-order valence-electron chi connectivity index (χ4n) is 0.250. The molecule has 0 heterocycles. The van der Waals surface area contributed by atoms with Crippen molar-refractivity contribution in [3.8, 4) is 0 Å². The maximum absolute atomic E-state index is 3.53. The van der Waals surface area contributed by atoms with E-state index in [2.05, 4.69) is 29.4 Å². The van der Waals surface area contributed by atoms with Gasteiger partial charge in [0.05, 0.1) is 0 Å². The van der Waals surface area contributed by atoms with Crippen molar-refractivity contribution in [3.63, 3.8) is 0 Å². The quantitative estimate of drug-likeness (QED) is 0.435. The van der Waals surface area contributed by atoms with Crippen LogP contribution in [0, 0.1) is 0 Å². The van der Waals surface area contributed by atoms with Gasteiger partial charge in [0, 0.05) is 0 Å². The van der Waals surface area contributed by atoms with E-state index in [1.54, 1.807) is 0 Å². The van der Waals surface area contributed by atoms with Crippen LogP contribution >= 0.6 is 0 Å². The molecule has 0 nitrogen and oxygen atoms in total. The average Bonchev–Trinajstić information content (AvgIpc) is 1.63. The molecule has 0 unspecified atom stereocenters. The molecule has 10 radical (unpaired) electrons. The van der Waals surface area contributed by atoms with E-state index in [9.17, 15) is 0 Å². The molecular formula is C3H9Si6-. The molecule has 0 fully saturated rings. The van der Waals surface area contributed by atoms with Crippen LogP contribution < -0.4 is 0 Å². The molecule has 0 saturated carbocycles. The molecule has 0 aliphatic heterocycles. The van der Waals surface area contributed by atoms with Gasteiger partial charge in [-0.15, -0.1) is 27.2 Å². The first-order chi connectivity index (χ1) is 4.06. The molecule has 0 aromatic rings. The lowest BCUT2D eigenvalue weighted by molar-refractivity contribution is 1.86. The minimum absolute atomic E-state index is 0.665. The first-order valence-electron chi connectivity index (χ1n) is 2.75. The molecule has 0 bridgehead atoms. The average molecular weight is 214 g/mol. The Labute approximate surface area is 71.3 Å². The van der Waals surface area contributed by atoms with Gasteiger partial charge in [0.15, 0.2) is 0 Å². The highest BCUT2D eigenvalue weighted by Gasteiger charge is 1.94. The molecule has 0 rings (SSSR count). The van der Waals surface area contributed by atoms with E-state index in [0.29, 0.717) is 0 Å². The zero-order valence-corrected chi connectivity index (χ0v) is 12.0. The zero-order chi connectivity index (χ0) is 7.33. The molecule has 0 aliphatic carbocycles. The van der Waals surface area contributed by atoms with Gasteiger partial charge >= 0.3 is 0 Å². The van der Waals surface area contributed by atoms with E-state index >= 15 is 0 Å². The Morgan fingerprint density at radius 2 is 1.89 bits per heavy atom. The first kappa shape index (κ1) is 10.3. The van der Waals surface area contributed by atoms with Crippen LogP contribution in [0.3, 0.4) is 0 Å².